The van der Waals surface area contributed by atoms with Crippen LogP contribution in [0.15, 0.2) is 66.7 Å². The van der Waals surface area contributed by atoms with Crippen molar-refractivity contribution in [2.75, 3.05) is 19.8 Å². The second-order valence-electron chi connectivity index (χ2n) is 9.96. The summed E-state index contributed by atoms with van der Waals surface area (Å²) in [7, 11) is 0. The van der Waals surface area contributed by atoms with Gasteiger partial charge < -0.3 is 14.2 Å². The van der Waals surface area contributed by atoms with Gasteiger partial charge in [0.15, 0.2) is 17.9 Å². The molecule has 0 aromatic heterocycles. The van der Waals surface area contributed by atoms with Crippen LogP contribution in [-0.2, 0) is 9.47 Å². The highest BCUT2D eigenvalue weighted by Gasteiger charge is 2.23. The number of benzene rings is 3. The zero-order chi connectivity index (χ0) is 27.6. The van der Waals surface area contributed by atoms with Crippen LogP contribution < -0.4 is 4.74 Å². The number of allylic oxidation sites excluding steroid dienone is 1. The molecule has 3 aromatic rings. The minimum atomic E-state index is -0.992. The molecule has 3 nitrogen and oxygen atoms in total. The lowest BCUT2D eigenvalue weighted by molar-refractivity contribution is -0.197. The summed E-state index contributed by atoms with van der Waals surface area (Å²) in [6, 6.07) is 14.6. The van der Waals surface area contributed by atoms with E-state index in [9.17, 15) is 8.78 Å². The van der Waals surface area contributed by atoms with Gasteiger partial charge in [-0.2, -0.15) is 4.39 Å². The van der Waals surface area contributed by atoms with Gasteiger partial charge in [0.25, 0.3) is 0 Å². The Hall–Kier alpha value is -3.09. The maximum absolute atomic E-state index is 15.0. The van der Waals surface area contributed by atoms with E-state index in [0.29, 0.717) is 42.1 Å². The van der Waals surface area contributed by atoms with Gasteiger partial charge in [0.1, 0.15) is 5.82 Å². The lowest BCUT2D eigenvalue weighted by atomic mass is 9.98. The smallest absolute Gasteiger partial charge is 0.201 e. The molecule has 0 atom stereocenters. The topological polar surface area (TPSA) is 27.7 Å². The molecule has 4 rings (SSSR count). The van der Waals surface area contributed by atoms with Crippen LogP contribution in [0.2, 0.25) is 0 Å². The van der Waals surface area contributed by atoms with Gasteiger partial charge in [0.2, 0.25) is 5.82 Å². The summed E-state index contributed by atoms with van der Waals surface area (Å²) < 4.78 is 61.6. The number of rotatable bonds is 12. The zero-order valence-corrected chi connectivity index (χ0v) is 22.7. The molecule has 1 heterocycles. The fourth-order valence-electron chi connectivity index (χ4n) is 4.77. The van der Waals surface area contributed by atoms with E-state index >= 15 is 4.39 Å². The van der Waals surface area contributed by atoms with Crippen LogP contribution in [-0.4, -0.2) is 19.8 Å². The first kappa shape index (κ1) is 28.9. The summed E-state index contributed by atoms with van der Waals surface area (Å²) in [5, 5.41) is 0. The van der Waals surface area contributed by atoms with E-state index in [2.05, 4.69) is 6.92 Å². The van der Waals surface area contributed by atoms with E-state index < -0.39 is 23.7 Å². The SMILES string of the molecule is CC=CC1COC(c2ccc(-c3ccc(-c4ccc(OCCCCCCCC)c(F)c4F)cc3)c(F)c2)OC1. The molecule has 0 bridgehead atoms. The Morgan fingerprint density at radius 2 is 1.44 bits per heavy atom. The van der Waals surface area contributed by atoms with Crippen LogP contribution in [0.1, 0.15) is 64.2 Å². The molecule has 6 heteroatoms. The van der Waals surface area contributed by atoms with E-state index in [1.165, 1.54) is 37.5 Å². The largest absolute Gasteiger partial charge is 0.490 e. The molecule has 1 aliphatic rings. The summed E-state index contributed by atoms with van der Waals surface area (Å²) in [6.07, 6.45) is 9.92. The average Bonchev–Trinajstić information content (AvgIpc) is 2.95. The molecule has 0 aliphatic carbocycles. The van der Waals surface area contributed by atoms with Gasteiger partial charge in [-0.3, -0.25) is 0 Å². The monoisotopic (exact) mass is 538 g/mol. The van der Waals surface area contributed by atoms with Gasteiger partial charge >= 0.3 is 0 Å². The summed E-state index contributed by atoms with van der Waals surface area (Å²) >= 11 is 0. The minimum absolute atomic E-state index is 0.0770. The number of ether oxygens (including phenoxy) is 3. The highest BCUT2D eigenvalue weighted by molar-refractivity contribution is 5.71. The molecule has 0 amide bonds. The van der Waals surface area contributed by atoms with Gasteiger partial charge in [0, 0.05) is 22.6 Å². The minimum Gasteiger partial charge on any atom is -0.490 e. The Morgan fingerprint density at radius 1 is 0.795 bits per heavy atom. The van der Waals surface area contributed by atoms with Crippen LogP contribution in [0.25, 0.3) is 22.3 Å². The lowest BCUT2D eigenvalue weighted by Crippen LogP contribution is -2.25. The van der Waals surface area contributed by atoms with E-state index in [4.69, 9.17) is 14.2 Å². The van der Waals surface area contributed by atoms with Crippen molar-refractivity contribution >= 4 is 0 Å². The van der Waals surface area contributed by atoms with Crippen LogP contribution in [0.3, 0.4) is 0 Å². The van der Waals surface area contributed by atoms with Crippen molar-refractivity contribution < 1.29 is 27.4 Å². The molecule has 0 N–H and O–H groups in total. The third-order valence-electron chi connectivity index (χ3n) is 6.96. The molecule has 1 saturated heterocycles. The highest BCUT2D eigenvalue weighted by Crippen LogP contribution is 2.33. The second-order valence-corrected chi connectivity index (χ2v) is 9.96. The summed E-state index contributed by atoms with van der Waals surface area (Å²) in [4.78, 5) is 0. The van der Waals surface area contributed by atoms with E-state index in [0.717, 1.165) is 19.3 Å². The Kier molecular flexibility index (Phi) is 10.6. The van der Waals surface area contributed by atoms with Crippen molar-refractivity contribution in [3.63, 3.8) is 0 Å². The van der Waals surface area contributed by atoms with E-state index in [-0.39, 0.29) is 17.2 Å². The van der Waals surface area contributed by atoms with Crippen molar-refractivity contribution in [1.82, 2.24) is 0 Å². The van der Waals surface area contributed by atoms with Gasteiger partial charge in [-0.1, -0.05) is 87.6 Å². The number of hydrogen-bond acceptors (Lipinski definition) is 3. The van der Waals surface area contributed by atoms with Crippen LogP contribution >= 0.6 is 0 Å². The Balaban J connectivity index is 1.39. The predicted octanol–water partition coefficient (Wildman–Crippen LogP) is 9.41. The average molecular weight is 539 g/mol. The van der Waals surface area contributed by atoms with Gasteiger partial charge in [0.05, 0.1) is 19.8 Å². The molecule has 0 radical (unpaired) electrons. The third-order valence-corrected chi connectivity index (χ3v) is 6.96. The Morgan fingerprint density at radius 3 is 2.10 bits per heavy atom. The second kappa shape index (κ2) is 14.3. The first-order valence-corrected chi connectivity index (χ1v) is 13.9. The predicted molar refractivity (Wildman–Crippen MR) is 149 cm³/mol. The molecule has 1 aliphatic heterocycles. The molecule has 1 fully saturated rings. The van der Waals surface area contributed by atoms with Crippen LogP contribution in [0.5, 0.6) is 5.75 Å². The fourth-order valence-corrected chi connectivity index (χ4v) is 4.77. The van der Waals surface area contributed by atoms with Crippen molar-refractivity contribution in [3.05, 3.63) is 89.8 Å². The van der Waals surface area contributed by atoms with Crippen LogP contribution in [0, 0.1) is 23.4 Å². The van der Waals surface area contributed by atoms with Crippen molar-refractivity contribution in [2.24, 2.45) is 5.92 Å². The van der Waals surface area contributed by atoms with E-state index in [1.807, 2.05) is 19.1 Å². The molecular formula is C33H37F3O3. The molecule has 3 aromatic carbocycles. The maximum Gasteiger partial charge on any atom is 0.201 e. The van der Waals surface area contributed by atoms with Crippen molar-refractivity contribution in [1.29, 1.82) is 0 Å². The standard InChI is InChI=1S/C33H37F3O3/c1-3-5-6-7-8-9-19-37-30-18-17-28(31(35)32(30)36)25-13-11-24(12-14-25)27-16-15-26(20-29(27)34)33-38-21-23(10-4-2)22-39-33/h4,10-18,20,23,33H,3,5-9,19,21-22H2,1-2H3. The lowest BCUT2D eigenvalue weighted by Gasteiger charge is -2.28. The number of hydrogen-bond donors (Lipinski definition) is 0. The summed E-state index contributed by atoms with van der Waals surface area (Å²) in [5.74, 6) is -2.24. The van der Waals surface area contributed by atoms with Crippen molar-refractivity contribution in [3.8, 4) is 28.0 Å². The molecule has 39 heavy (non-hydrogen) atoms. The molecule has 208 valence electrons. The van der Waals surface area contributed by atoms with Crippen molar-refractivity contribution in [2.45, 2.75) is 58.7 Å². The normalized spacial score (nSPS) is 17.6. The third kappa shape index (κ3) is 7.52. The highest BCUT2D eigenvalue weighted by atomic mass is 19.2. The molecule has 0 spiro atoms. The first-order chi connectivity index (χ1) is 19.0. The zero-order valence-electron chi connectivity index (χ0n) is 22.7. The number of unbranched alkanes of at least 4 members (excludes halogenated alkanes) is 5. The summed E-state index contributed by atoms with van der Waals surface area (Å²) in [6.45, 7) is 5.51. The molecule has 0 saturated carbocycles. The van der Waals surface area contributed by atoms with Gasteiger partial charge in [-0.05, 0) is 42.7 Å². The molecular weight excluding hydrogens is 501 g/mol. The Labute approximate surface area is 229 Å². The fraction of sp³-hybridized carbons (Fsp3) is 0.394. The first-order valence-electron chi connectivity index (χ1n) is 13.9. The quantitative estimate of drug-likeness (QED) is 0.170. The Bertz CT molecular complexity index is 1230. The van der Waals surface area contributed by atoms with Crippen LogP contribution in [0.4, 0.5) is 13.2 Å². The van der Waals surface area contributed by atoms with E-state index in [1.54, 1.807) is 36.4 Å². The van der Waals surface area contributed by atoms with Gasteiger partial charge in [-0.25, -0.2) is 8.78 Å². The molecule has 0 unspecified atom stereocenters. The van der Waals surface area contributed by atoms with Gasteiger partial charge in [-0.15, -0.1) is 0 Å². The maximum atomic E-state index is 15.0. The summed E-state index contributed by atoms with van der Waals surface area (Å²) in [5.41, 5.74) is 2.27. The number of halogens is 3.